The average Bonchev–Trinajstić information content (AvgIpc) is 2.38. The standard InChI is InChI=1S/C15H14BrNOS/c1-10-8-13(16)6-7-14(10)18-9-11-2-4-12(5-3-11)15(17)19/h2-8H,9H2,1H3,(H2,17,19). The van der Waals surface area contributed by atoms with Gasteiger partial charge < -0.3 is 10.5 Å². The maximum absolute atomic E-state index is 5.79. The van der Waals surface area contributed by atoms with E-state index in [2.05, 4.69) is 15.9 Å². The Balaban J connectivity index is 2.04. The molecule has 2 nitrogen and oxygen atoms in total. The second kappa shape index (κ2) is 6.17. The molecule has 0 radical (unpaired) electrons. The molecule has 0 heterocycles. The summed E-state index contributed by atoms with van der Waals surface area (Å²) in [6, 6.07) is 13.7. The molecule has 0 amide bonds. The summed E-state index contributed by atoms with van der Waals surface area (Å²) in [6.07, 6.45) is 0. The molecule has 0 aromatic heterocycles. The van der Waals surface area contributed by atoms with Crippen molar-refractivity contribution in [2.45, 2.75) is 13.5 Å². The predicted molar refractivity (Wildman–Crippen MR) is 85.5 cm³/mol. The molecule has 2 N–H and O–H groups in total. The van der Waals surface area contributed by atoms with Crippen LogP contribution in [-0.2, 0) is 6.61 Å². The molecule has 0 unspecified atom stereocenters. The maximum Gasteiger partial charge on any atom is 0.122 e. The highest BCUT2D eigenvalue weighted by Crippen LogP contribution is 2.23. The number of benzene rings is 2. The molecule has 4 heteroatoms. The van der Waals surface area contributed by atoms with Crippen molar-refractivity contribution in [3.05, 3.63) is 63.6 Å². The zero-order valence-corrected chi connectivity index (χ0v) is 12.9. The normalized spacial score (nSPS) is 10.2. The van der Waals surface area contributed by atoms with E-state index in [1.165, 1.54) is 0 Å². The third-order valence-electron chi connectivity index (χ3n) is 2.77. The van der Waals surface area contributed by atoms with Crippen LogP contribution in [0.2, 0.25) is 0 Å². The Bertz CT molecular complexity index is 596. The van der Waals surface area contributed by atoms with Crippen molar-refractivity contribution >= 4 is 33.1 Å². The van der Waals surface area contributed by atoms with E-state index in [0.717, 1.165) is 26.9 Å². The number of halogens is 1. The van der Waals surface area contributed by atoms with Gasteiger partial charge in [0.05, 0.1) is 0 Å². The SMILES string of the molecule is Cc1cc(Br)ccc1OCc1ccc(C(N)=S)cc1. The van der Waals surface area contributed by atoms with Gasteiger partial charge in [-0.1, -0.05) is 52.4 Å². The zero-order chi connectivity index (χ0) is 13.8. The van der Waals surface area contributed by atoms with Crippen LogP contribution in [0.15, 0.2) is 46.9 Å². The third-order valence-corrected chi connectivity index (χ3v) is 3.50. The molecular formula is C15H14BrNOS. The molecule has 0 saturated heterocycles. The van der Waals surface area contributed by atoms with Crippen molar-refractivity contribution in [3.63, 3.8) is 0 Å². The number of ether oxygens (including phenoxy) is 1. The Hall–Kier alpha value is -1.39. The second-order valence-corrected chi connectivity index (χ2v) is 5.62. The van der Waals surface area contributed by atoms with Crippen LogP contribution in [0.5, 0.6) is 5.75 Å². The number of rotatable bonds is 4. The van der Waals surface area contributed by atoms with Crippen molar-refractivity contribution in [2.24, 2.45) is 5.73 Å². The fraction of sp³-hybridized carbons (Fsp3) is 0.133. The molecule has 0 aliphatic rings. The van der Waals surface area contributed by atoms with Crippen LogP contribution in [0.25, 0.3) is 0 Å². The molecule has 0 spiro atoms. The Morgan fingerprint density at radius 2 is 1.89 bits per heavy atom. The van der Waals surface area contributed by atoms with Gasteiger partial charge in [-0.2, -0.15) is 0 Å². The Morgan fingerprint density at radius 1 is 1.21 bits per heavy atom. The smallest absolute Gasteiger partial charge is 0.122 e. The fourth-order valence-corrected chi connectivity index (χ4v) is 2.31. The number of hydrogen-bond donors (Lipinski definition) is 1. The summed E-state index contributed by atoms with van der Waals surface area (Å²) in [6.45, 7) is 2.55. The van der Waals surface area contributed by atoms with Crippen LogP contribution in [0.3, 0.4) is 0 Å². The minimum absolute atomic E-state index is 0.413. The minimum atomic E-state index is 0.413. The quantitative estimate of drug-likeness (QED) is 0.858. The Morgan fingerprint density at radius 3 is 2.47 bits per heavy atom. The van der Waals surface area contributed by atoms with Gasteiger partial charge in [-0.05, 0) is 36.2 Å². The molecular weight excluding hydrogens is 322 g/mol. The number of aryl methyl sites for hydroxylation is 1. The Labute approximate surface area is 126 Å². The molecule has 0 bridgehead atoms. The van der Waals surface area contributed by atoms with E-state index in [0.29, 0.717) is 11.6 Å². The number of thiocarbonyl (C=S) groups is 1. The largest absolute Gasteiger partial charge is 0.489 e. The summed E-state index contributed by atoms with van der Waals surface area (Å²) in [5.41, 5.74) is 8.62. The Kier molecular flexibility index (Phi) is 4.56. The van der Waals surface area contributed by atoms with Crippen LogP contribution in [-0.4, -0.2) is 4.99 Å². The highest BCUT2D eigenvalue weighted by Gasteiger charge is 2.02. The van der Waals surface area contributed by atoms with Gasteiger partial charge in [-0.15, -0.1) is 0 Å². The van der Waals surface area contributed by atoms with E-state index >= 15 is 0 Å². The summed E-state index contributed by atoms with van der Waals surface area (Å²) >= 11 is 8.35. The molecule has 98 valence electrons. The van der Waals surface area contributed by atoms with E-state index in [9.17, 15) is 0 Å². The van der Waals surface area contributed by atoms with Gasteiger partial charge in [0.25, 0.3) is 0 Å². The van der Waals surface area contributed by atoms with Crippen LogP contribution in [0, 0.1) is 6.92 Å². The van der Waals surface area contributed by atoms with Crippen molar-refractivity contribution in [1.82, 2.24) is 0 Å². The van der Waals surface area contributed by atoms with Crippen LogP contribution >= 0.6 is 28.1 Å². The van der Waals surface area contributed by atoms with Crippen molar-refractivity contribution in [2.75, 3.05) is 0 Å². The maximum atomic E-state index is 5.79. The van der Waals surface area contributed by atoms with Gasteiger partial charge in [0.15, 0.2) is 0 Å². The van der Waals surface area contributed by atoms with Gasteiger partial charge in [0, 0.05) is 10.0 Å². The first-order valence-corrected chi connectivity index (χ1v) is 7.04. The highest BCUT2D eigenvalue weighted by atomic mass is 79.9. The topological polar surface area (TPSA) is 35.2 Å². The first-order valence-electron chi connectivity index (χ1n) is 5.84. The lowest BCUT2D eigenvalue weighted by molar-refractivity contribution is 0.304. The lowest BCUT2D eigenvalue weighted by Crippen LogP contribution is -2.09. The van der Waals surface area contributed by atoms with Crippen molar-refractivity contribution in [3.8, 4) is 5.75 Å². The molecule has 19 heavy (non-hydrogen) atoms. The summed E-state index contributed by atoms with van der Waals surface area (Å²) in [7, 11) is 0. The van der Waals surface area contributed by atoms with E-state index in [-0.39, 0.29) is 0 Å². The summed E-state index contributed by atoms with van der Waals surface area (Å²) in [5.74, 6) is 0.890. The fourth-order valence-electron chi connectivity index (χ4n) is 1.70. The van der Waals surface area contributed by atoms with E-state index in [4.69, 9.17) is 22.7 Å². The predicted octanol–water partition coefficient (Wildman–Crippen LogP) is 3.97. The van der Waals surface area contributed by atoms with Crippen LogP contribution in [0.1, 0.15) is 16.7 Å². The van der Waals surface area contributed by atoms with E-state index in [1.807, 2.05) is 49.4 Å². The van der Waals surface area contributed by atoms with Crippen molar-refractivity contribution in [1.29, 1.82) is 0 Å². The van der Waals surface area contributed by atoms with Gasteiger partial charge in [-0.3, -0.25) is 0 Å². The van der Waals surface area contributed by atoms with Crippen LogP contribution < -0.4 is 10.5 Å². The lowest BCUT2D eigenvalue weighted by atomic mass is 10.1. The van der Waals surface area contributed by atoms with Gasteiger partial charge >= 0.3 is 0 Å². The minimum Gasteiger partial charge on any atom is -0.489 e. The molecule has 0 fully saturated rings. The average molecular weight is 336 g/mol. The lowest BCUT2D eigenvalue weighted by Gasteiger charge is -2.10. The van der Waals surface area contributed by atoms with Gasteiger partial charge in [0.2, 0.25) is 0 Å². The molecule has 0 aliphatic heterocycles. The molecule has 2 rings (SSSR count). The van der Waals surface area contributed by atoms with Gasteiger partial charge in [-0.25, -0.2) is 0 Å². The molecule has 0 saturated carbocycles. The summed E-state index contributed by atoms with van der Waals surface area (Å²) < 4.78 is 6.85. The first kappa shape index (κ1) is 14.0. The highest BCUT2D eigenvalue weighted by molar-refractivity contribution is 9.10. The molecule has 0 aliphatic carbocycles. The molecule has 2 aromatic carbocycles. The number of hydrogen-bond acceptors (Lipinski definition) is 2. The first-order chi connectivity index (χ1) is 9.06. The van der Waals surface area contributed by atoms with Crippen molar-refractivity contribution < 1.29 is 4.74 Å². The molecule has 2 aromatic rings. The third kappa shape index (κ3) is 3.78. The zero-order valence-electron chi connectivity index (χ0n) is 10.5. The summed E-state index contributed by atoms with van der Waals surface area (Å²) in [5, 5.41) is 0. The van der Waals surface area contributed by atoms with Gasteiger partial charge in [0.1, 0.15) is 17.3 Å². The van der Waals surface area contributed by atoms with Crippen LogP contribution in [0.4, 0.5) is 0 Å². The summed E-state index contributed by atoms with van der Waals surface area (Å²) in [4.78, 5) is 0.413. The number of nitrogens with two attached hydrogens (primary N) is 1. The second-order valence-electron chi connectivity index (χ2n) is 4.26. The monoisotopic (exact) mass is 335 g/mol. The van der Waals surface area contributed by atoms with E-state index in [1.54, 1.807) is 0 Å². The van der Waals surface area contributed by atoms with E-state index < -0.39 is 0 Å². The molecule has 0 atom stereocenters.